The van der Waals surface area contributed by atoms with Crippen molar-refractivity contribution in [2.24, 2.45) is 28.7 Å². The number of nitrogens with one attached hydrogen (secondary N) is 2. The maximum atomic E-state index is 13.8. The minimum absolute atomic E-state index is 0. The lowest BCUT2D eigenvalue weighted by atomic mass is 9.85. The van der Waals surface area contributed by atoms with Crippen molar-refractivity contribution in [3.8, 4) is 0 Å². The highest BCUT2D eigenvalue weighted by molar-refractivity contribution is 14.0. The van der Waals surface area contributed by atoms with E-state index in [0.29, 0.717) is 37.6 Å². The predicted molar refractivity (Wildman–Crippen MR) is 124 cm³/mol. The van der Waals surface area contributed by atoms with Crippen LogP contribution in [0.5, 0.6) is 0 Å². The number of fused-ring (bicyclic) bond motifs is 5. The Labute approximate surface area is 193 Å². The van der Waals surface area contributed by atoms with Crippen molar-refractivity contribution in [2.75, 3.05) is 19.6 Å². The van der Waals surface area contributed by atoms with Crippen LogP contribution in [0.1, 0.15) is 25.3 Å². The van der Waals surface area contributed by atoms with Gasteiger partial charge < -0.3 is 10.6 Å². The van der Waals surface area contributed by atoms with Crippen molar-refractivity contribution in [2.45, 2.75) is 26.3 Å². The normalized spacial score (nSPS) is 26.7. The number of benzene rings is 1. The van der Waals surface area contributed by atoms with E-state index in [-0.39, 0.29) is 71.8 Å². The van der Waals surface area contributed by atoms with Gasteiger partial charge in [-0.25, -0.2) is 9.38 Å². The molecule has 4 rings (SSSR count). The summed E-state index contributed by atoms with van der Waals surface area (Å²) in [7, 11) is 0. The molecule has 0 radical (unpaired) electrons. The zero-order valence-corrected chi connectivity index (χ0v) is 19.3. The molecule has 4 atom stereocenters. The van der Waals surface area contributed by atoms with Crippen molar-refractivity contribution in [3.63, 3.8) is 0 Å². The molecule has 30 heavy (non-hydrogen) atoms. The molecule has 4 unspecified atom stereocenters. The van der Waals surface area contributed by atoms with E-state index in [1.165, 1.54) is 11.0 Å². The van der Waals surface area contributed by atoms with E-state index < -0.39 is 0 Å². The molecule has 0 aromatic heterocycles. The van der Waals surface area contributed by atoms with Crippen LogP contribution in [0.3, 0.4) is 0 Å². The highest BCUT2D eigenvalue weighted by Gasteiger charge is 2.58. The average molecular weight is 526 g/mol. The highest BCUT2D eigenvalue weighted by Crippen LogP contribution is 2.52. The molecule has 2 fully saturated rings. The van der Waals surface area contributed by atoms with Crippen molar-refractivity contribution in [3.05, 3.63) is 47.8 Å². The van der Waals surface area contributed by atoms with Crippen LogP contribution < -0.4 is 10.6 Å². The summed E-state index contributed by atoms with van der Waals surface area (Å²) in [5, 5.41) is 6.33. The highest BCUT2D eigenvalue weighted by atomic mass is 127. The molecule has 1 heterocycles. The van der Waals surface area contributed by atoms with Gasteiger partial charge in [-0.1, -0.05) is 30.4 Å². The third-order valence-electron chi connectivity index (χ3n) is 6.12. The van der Waals surface area contributed by atoms with Gasteiger partial charge in [0.15, 0.2) is 5.96 Å². The fraction of sp³-hybridized carbons (Fsp3) is 0.500. The maximum absolute atomic E-state index is 13.8. The van der Waals surface area contributed by atoms with Crippen molar-refractivity contribution in [1.82, 2.24) is 15.5 Å². The largest absolute Gasteiger partial charge is 0.357 e. The molecular weight excluding hydrogens is 498 g/mol. The van der Waals surface area contributed by atoms with E-state index in [4.69, 9.17) is 0 Å². The van der Waals surface area contributed by atoms with Crippen LogP contribution in [0.4, 0.5) is 4.39 Å². The third-order valence-corrected chi connectivity index (χ3v) is 6.12. The Morgan fingerprint density at radius 2 is 1.80 bits per heavy atom. The molecular formula is C22H28FIN4O2. The minimum atomic E-state index is -0.271. The number of nitrogens with zero attached hydrogens (tertiary/aromatic N) is 2. The number of carbonyl (C=O) groups excluding carboxylic acids is 2. The van der Waals surface area contributed by atoms with Gasteiger partial charge in [0.1, 0.15) is 5.82 Å². The van der Waals surface area contributed by atoms with Gasteiger partial charge in [-0.15, -0.1) is 24.0 Å². The summed E-state index contributed by atoms with van der Waals surface area (Å²) >= 11 is 0. The second-order valence-corrected chi connectivity index (χ2v) is 7.89. The lowest BCUT2D eigenvalue weighted by Crippen LogP contribution is -2.40. The number of rotatable bonds is 7. The molecule has 1 saturated heterocycles. The van der Waals surface area contributed by atoms with E-state index >= 15 is 0 Å². The minimum Gasteiger partial charge on any atom is -0.357 e. The predicted octanol–water partition coefficient (Wildman–Crippen LogP) is 2.70. The second-order valence-electron chi connectivity index (χ2n) is 7.89. The van der Waals surface area contributed by atoms with E-state index in [2.05, 4.69) is 27.8 Å². The Bertz CT molecular complexity index is 829. The Morgan fingerprint density at radius 1 is 1.13 bits per heavy atom. The number of allylic oxidation sites excluding steroid dienone is 2. The van der Waals surface area contributed by atoms with Crippen LogP contribution in [0.25, 0.3) is 0 Å². The van der Waals surface area contributed by atoms with Gasteiger partial charge in [0, 0.05) is 25.2 Å². The van der Waals surface area contributed by atoms with Crippen LogP contribution >= 0.6 is 24.0 Å². The van der Waals surface area contributed by atoms with Gasteiger partial charge in [-0.2, -0.15) is 0 Å². The summed E-state index contributed by atoms with van der Waals surface area (Å²) in [6.07, 6.45) is 5.81. The first-order chi connectivity index (χ1) is 14.1. The number of amides is 2. The zero-order valence-electron chi connectivity index (χ0n) is 17.0. The molecule has 162 valence electrons. The summed E-state index contributed by atoms with van der Waals surface area (Å²) < 4.78 is 13.8. The zero-order chi connectivity index (χ0) is 20.4. The molecule has 1 aromatic carbocycles. The Kier molecular flexibility index (Phi) is 7.49. The third kappa shape index (κ3) is 4.38. The van der Waals surface area contributed by atoms with Crippen LogP contribution in [0.2, 0.25) is 0 Å². The van der Waals surface area contributed by atoms with E-state index in [1.54, 1.807) is 18.2 Å². The van der Waals surface area contributed by atoms with E-state index in [0.717, 1.165) is 6.42 Å². The fourth-order valence-corrected chi connectivity index (χ4v) is 4.76. The van der Waals surface area contributed by atoms with Crippen LogP contribution in [-0.2, 0) is 16.1 Å². The number of guanidine groups is 1. The second kappa shape index (κ2) is 9.89. The van der Waals surface area contributed by atoms with Crippen molar-refractivity contribution >= 4 is 41.8 Å². The lowest BCUT2D eigenvalue weighted by Gasteiger charge is -2.18. The number of hydrogen-bond donors (Lipinski definition) is 2. The van der Waals surface area contributed by atoms with Crippen LogP contribution in [-0.4, -0.2) is 42.3 Å². The number of likely N-dealkylation sites (tertiary alicyclic amines) is 1. The van der Waals surface area contributed by atoms with Gasteiger partial charge in [0.2, 0.25) is 11.8 Å². The molecule has 0 spiro atoms. The summed E-state index contributed by atoms with van der Waals surface area (Å²) in [5.74, 6) is 0.538. The number of carbonyl (C=O) groups is 2. The van der Waals surface area contributed by atoms with Crippen LogP contribution in [0.15, 0.2) is 41.4 Å². The summed E-state index contributed by atoms with van der Waals surface area (Å²) in [4.78, 5) is 31.2. The summed E-state index contributed by atoms with van der Waals surface area (Å²) in [6.45, 7) is 3.88. The SMILES string of the molecule is CCNC(=NCc1ccccc1F)NCCCN1C(=O)C2C3C=CC(C3)C2C1=O.I. The molecule has 1 saturated carbocycles. The Morgan fingerprint density at radius 3 is 2.43 bits per heavy atom. The standard InChI is InChI=1S/C22H27FN4O2.HI/c1-2-24-22(26-13-16-6-3-4-7-17(16)23)25-10-5-11-27-20(28)18-14-8-9-15(12-14)19(18)21(27)29;/h3-4,6-9,14-15,18-19H,2,5,10-13H2,1H3,(H2,24,25,26);1H. The first kappa shape index (κ1) is 22.7. The van der Waals surface area contributed by atoms with Gasteiger partial charge in [-0.05, 0) is 37.7 Å². The first-order valence-corrected chi connectivity index (χ1v) is 10.4. The Balaban J connectivity index is 0.00000256. The molecule has 2 N–H and O–H groups in total. The monoisotopic (exact) mass is 526 g/mol. The molecule has 2 amide bonds. The molecule has 8 heteroatoms. The van der Waals surface area contributed by atoms with Crippen molar-refractivity contribution < 1.29 is 14.0 Å². The molecule has 2 aliphatic carbocycles. The number of aliphatic imine (C=N–C) groups is 1. The average Bonchev–Trinajstić information content (AvgIpc) is 3.39. The molecule has 1 aromatic rings. The van der Waals surface area contributed by atoms with E-state index in [1.807, 2.05) is 6.92 Å². The number of hydrogen-bond acceptors (Lipinski definition) is 3. The number of imide groups is 1. The fourth-order valence-electron chi connectivity index (χ4n) is 4.76. The first-order valence-electron chi connectivity index (χ1n) is 10.4. The van der Waals surface area contributed by atoms with Gasteiger partial charge in [0.25, 0.3) is 0 Å². The quantitative estimate of drug-likeness (QED) is 0.143. The lowest BCUT2D eigenvalue weighted by molar-refractivity contribution is -0.140. The molecule has 1 aliphatic heterocycles. The maximum Gasteiger partial charge on any atom is 0.233 e. The molecule has 6 nitrogen and oxygen atoms in total. The van der Waals surface area contributed by atoms with Crippen molar-refractivity contribution in [1.29, 1.82) is 0 Å². The molecule has 2 bridgehead atoms. The topological polar surface area (TPSA) is 73.8 Å². The summed E-state index contributed by atoms with van der Waals surface area (Å²) in [6, 6.07) is 6.58. The van der Waals surface area contributed by atoms with Gasteiger partial charge in [-0.3, -0.25) is 14.5 Å². The smallest absolute Gasteiger partial charge is 0.233 e. The van der Waals surface area contributed by atoms with Crippen LogP contribution in [0, 0.1) is 29.5 Å². The summed E-state index contributed by atoms with van der Waals surface area (Å²) in [5.41, 5.74) is 0.535. The van der Waals surface area contributed by atoms with Gasteiger partial charge in [0.05, 0.1) is 18.4 Å². The Hall–Kier alpha value is -1.97. The number of halogens is 2. The van der Waals surface area contributed by atoms with Gasteiger partial charge >= 0.3 is 0 Å². The molecule has 3 aliphatic rings. The van der Waals surface area contributed by atoms with E-state index in [9.17, 15) is 14.0 Å².